The number of carbonyl (C=O) groups is 2. The number of sulfonamides is 1. The molecule has 2 aromatic rings. The van der Waals surface area contributed by atoms with Crippen LogP contribution in [-0.4, -0.2) is 37.0 Å². The van der Waals surface area contributed by atoms with E-state index in [1.807, 2.05) is 0 Å². The lowest BCUT2D eigenvalue weighted by atomic mass is 10.0. The molecule has 0 radical (unpaired) electrons. The Morgan fingerprint density at radius 2 is 1.76 bits per heavy atom. The van der Waals surface area contributed by atoms with Crippen molar-refractivity contribution in [1.29, 1.82) is 0 Å². The van der Waals surface area contributed by atoms with Gasteiger partial charge in [-0.1, -0.05) is 18.6 Å². The van der Waals surface area contributed by atoms with Crippen LogP contribution in [0.2, 0.25) is 0 Å². The molecule has 154 valence electrons. The van der Waals surface area contributed by atoms with Crippen LogP contribution in [0.15, 0.2) is 47.4 Å². The molecule has 3 rings (SSSR count). The van der Waals surface area contributed by atoms with Gasteiger partial charge in [-0.2, -0.15) is 4.31 Å². The maximum atomic E-state index is 13.9. The van der Waals surface area contributed by atoms with E-state index >= 15 is 0 Å². The fourth-order valence-electron chi connectivity index (χ4n) is 3.26. The molecule has 0 saturated carbocycles. The molecule has 1 aliphatic heterocycles. The highest BCUT2D eigenvalue weighted by molar-refractivity contribution is 7.89. The Labute approximate surface area is 167 Å². The number of hydrogen-bond acceptors (Lipinski definition) is 4. The molecule has 0 aliphatic carbocycles. The van der Waals surface area contributed by atoms with E-state index in [1.165, 1.54) is 31.2 Å². The van der Waals surface area contributed by atoms with Gasteiger partial charge in [-0.3, -0.25) is 9.59 Å². The first-order valence-corrected chi connectivity index (χ1v) is 10.5. The third-order valence-electron chi connectivity index (χ3n) is 4.81. The van der Waals surface area contributed by atoms with Crippen LogP contribution in [0.5, 0.6) is 0 Å². The maximum Gasteiger partial charge on any atom is 0.243 e. The molecular weight excluding hydrogens is 402 g/mol. The van der Waals surface area contributed by atoms with E-state index in [1.54, 1.807) is 0 Å². The van der Waals surface area contributed by atoms with Crippen molar-refractivity contribution >= 4 is 27.4 Å². The Balaban J connectivity index is 1.86. The Hall–Kier alpha value is -2.65. The number of carbonyl (C=O) groups excluding carboxylic acids is 2. The lowest BCUT2D eigenvalue weighted by Crippen LogP contribution is -2.49. The van der Waals surface area contributed by atoms with Crippen LogP contribution in [0.3, 0.4) is 0 Å². The summed E-state index contributed by atoms with van der Waals surface area (Å²) < 4.78 is 54.2. The van der Waals surface area contributed by atoms with E-state index < -0.39 is 33.6 Å². The predicted molar refractivity (Wildman–Crippen MR) is 103 cm³/mol. The van der Waals surface area contributed by atoms with Gasteiger partial charge in [0.25, 0.3) is 0 Å². The normalized spacial score (nSPS) is 17.7. The van der Waals surface area contributed by atoms with Crippen molar-refractivity contribution < 1.29 is 26.8 Å². The number of rotatable bonds is 5. The van der Waals surface area contributed by atoms with Crippen molar-refractivity contribution in [2.24, 2.45) is 0 Å². The Kier molecular flexibility index (Phi) is 6.09. The number of Topliss-reactive ketones (excluding diaryl/α,β-unsaturated/α-hetero) is 1. The number of anilines is 1. The summed E-state index contributed by atoms with van der Waals surface area (Å²) in [6, 6.07) is 7.21. The van der Waals surface area contributed by atoms with Crippen LogP contribution in [0, 0.1) is 11.6 Å². The number of piperidine rings is 1. The molecule has 2 aromatic carbocycles. The van der Waals surface area contributed by atoms with Gasteiger partial charge in [0, 0.05) is 18.2 Å². The highest BCUT2D eigenvalue weighted by Gasteiger charge is 2.37. The lowest BCUT2D eigenvalue weighted by Gasteiger charge is -2.33. The molecule has 29 heavy (non-hydrogen) atoms. The van der Waals surface area contributed by atoms with Gasteiger partial charge in [0.2, 0.25) is 15.9 Å². The standard InChI is InChI=1S/C20H20F2N2O4S/c1-13(25)14-5-8-16(9-6-14)29(27,28)24-11-3-2-4-19(24)20(26)23-18-10-7-15(21)12-17(18)22/h5-10,12,19H,2-4,11H2,1H3,(H,23,26). The Morgan fingerprint density at radius 3 is 2.38 bits per heavy atom. The van der Waals surface area contributed by atoms with Crippen LogP contribution in [0.4, 0.5) is 14.5 Å². The number of amides is 1. The number of benzene rings is 2. The predicted octanol–water partition coefficient (Wildman–Crippen LogP) is 3.35. The van der Waals surface area contributed by atoms with Crippen molar-refractivity contribution in [3.63, 3.8) is 0 Å². The smallest absolute Gasteiger partial charge is 0.243 e. The fraction of sp³-hybridized carbons (Fsp3) is 0.300. The van der Waals surface area contributed by atoms with Gasteiger partial charge in [-0.05, 0) is 44.0 Å². The zero-order valence-electron chi connectivity index (χ0n) is 15.7. The molecule has 1 amide bonds. The number of nitrogens with zero attached hydrogens (tertiary/aromatic N) is 1. The number of hydrogen-bond donors (Lipinski definition) is 1. The average Bonchev–Trinajstić information content (AvgIpc) is 2.70. The van der Waals surface area contributed by atoms with Crippen LogP contribution in [0.25, 0.3) is 0 Å². The van der Waals surface area contributed by atoms with Crippen LogP contribution < -0.4 is 5.32 Å². The second-order valence-electron chi connectivity index (χ2n) is 6.82. The SMILES string of the molecule is CC(=O)c1ccc(S(=O)(=O)N2CCCCC2C(=O)Nc2ccc(F)cc2F)cc1. The molecule has 0 aromatic heterocycles. The molecule has 1 N–H and O–H groups in total. The minimum Gasteiger partial charge on any atom is -0.322 e. The molecule has 0 bridgehead atoms. The highest BCUT2D eigenvalue weighted by Crippen LogP contribution is 2.27. The first-order valence-electron chi connectivity index (χ1n) is 9.09. The summed E-state index contributed by atoms with van der Waals surface area (Å²) in [5, 5.41) is 2.35. The third-order valence-corrected chi connectivity index (χ3v) is 6.74. The summed E-state index contributed by atoms with van der Waals surface area (Å²) in [7, 11) is -4.00. The fourth-order valence-corrected chi connectivity index (χ4v) is 4.92. The van der Waals surface area contributed by atoms with Crippen LogP contribution in [0.1, 0.15) is 36.5 Å². The minimum absolute atomic E-state index is 0.0323. The van der Waals surface area contributed by atoms with Crippen molar-refractivity contribution in [1.82, 2.24) is 4.31 Å². The van der Waals surface area contributed by atoms with Crippen molar-refractivity contribution in [2.75, 3.05) is 11.9 Å². The van der Waals surface area contributed by atoms with Crippen LogP contribution in [-0.2, 0) is 14.8 Å². The highest BCUT2D eigenvalue weighted by atomic mass is 32.2. The summed E-state index contributed by atoms with van der Waals surface area (Å²) >= 11 is 0. The molecule has 1 unspecified atom stereocenters. The van der Waals surface area contributed by atoms with E-state index in [0.717, 1.165) is 16.4 Å². The molecule has 6 nitrogen and oxygen atoms in total. The molecule has 1 atom stereocenters. The summed E-state index contributed by atoms with van der Waals surface area (Å²) in [4.78, 5) is 24.1. The number of halogens is 2. The second kappa shape index (κ2) is 8.38. The topological polar surface area (TPSA) is 83.6 Å². The van der Waals surface area contributed by atoms with Gasteiger partial charge in [-0.25, -0.2) is 17.2 Å². The van der Waals surface area contributed by atoms with E-state index in [2.05, 4.69) is 5.32 Å². The number of ketones is 1. The quantitative estimate of drug-likeness (QED) is 0.749. The molecule has 1 heterocycles. The van der Waals surface area contributed by atoms with Crippen molar-refractivity contribution in [2.45, 2.75) is 37.1 Å². The molecule has 1 saturated heterocycles. The molecule has 1 aliphatic rings. The maximum absolute atomic E-state index is 13.9. The first kappa shape index (κ1) is 21.1. The zero-order chi connectivity index (χ0) is 21.2. The summed E-state index contributed by atoms with van der Waals surface area (Å²) in [6.45, 7) is 1.52. The van der Waals surface area contributed by atoms with Crippen molar-refractivity contribution in [3.05, 3.63) is 59.7 Å². The van der Waals surface area contributed by atoms with E-state index in [4.69, 9.17) is 0 Å². The summed E-state index contributed by atoms with van der Waals surface area (Å²) in [5.74, 6) is -2.59. The lowest BCUT2D eigenvalue weighted by molar-refractivity contribution is -0.120. The first-order chi connectivity index (χ1) is 13.7. The monoisotopic (exact) mass is 422 g/mol. The molecule has 9 heteroatoms. The Morgan fingerprint density at radius 1 is 1.07 bits per heavy atom. The third kappa shape index (κ3) is 4.51. The van der Waals surface area contributed by atoms with Gasteiger partial charge in [-0.15, -0.1) is 0 Å². The largest absolute Gasteiger partial charge is 0.322 e. The summed E-state index contributed by atoms with van der Waals surface area (Å²) in [5.41, 5.74) is 0.161. The second-order valence-corrected chi connectivity index (χ2v) is 8.71. The van der Waals surface area contributed by atoms with Crippen molar-refractivity contribution in [3.8, 4) is 0 Å². The van der Waals surface area contributed by atoms with Gasteiger partial charge in [0.05, 0.1) is 10.6 Å². The van der Waals surface area contributed by atoms with Crippen LogP contribution >= 0.6 is 0 Å². The molecule has 1 fully saturated rings. The summed E-state index contributed by atoms with van der Waals surface area (Å²) in [6.07, 6.45) is 1.50. The number of nitrogens with one attached hydrogen (secondary N) is 1. The van der Waals surface area contributed by atoms with Gasteiger partial charge in [0.1, 0.15) is 17.7 Å². The van der Waals surface area contributed by atoms with E-state index in [-0.39, 0.29) is 29.3 Å². The van der Waals surface area contributed by atoms with Gasteiger partial charge >= 0.3 is 0 Å². The molecular formula is C20H20F2N2O4S. The van der Waals surface area contributed by atoms with E-state index in [9.17, 15) is 26.8 Å². The zero-order valence-corrected chi connectivity index (χ0v) is 16.5. The van der Waals surface area contributed by atoms with Gasteiger partial charge < -0.3 is 5.32 Å². The minimum atomic E-state index is -4.00. The molecule has 0 spiro atoms. The Bertz CT molecular complexity index is 1040. The van der Waals surface area contributed by atoms with E-state index in [0.29, 0.717) is 24.5 Å². The van der Waals surface area contributed by atoms with Gasteiger partial charge in [0.15, 0.2) is 5.78 Å². The average molecular weight is 422 g/mol.